The molecule has 1 N–H and O–H groups in total. The summed E-state index contributed by atoms with van der Waals surface area (Å²) in [5, 5.41) is 3.14. The fourth-order valence-electron chi connectivity index (χ4n) is 0.447. The third-order valence-electron chi connectivity index (χ3n) is 0.808. The first kappa shape index (κ1) is 6.00. The van der Waals surface area contributed by atoms with Crippen LogP contribution in [0.15, 0.2) is 12.3 Å². The summed E-state index contributed by atoms with van der Waals surface area (Å²) in [6.07, 6.45) is 1.06. The first-order valence-electron chi connectivity index (χ1n) is 2.25. The van der Waals surface area contributed by atoms with Crippen molar-refractivity contribution < 1.29 is 8.78 Å². The largest absolute Gasteiger partial charge is 0.333 e. The van der Waals surface area contributed by atoms with Gasteiger partial charge in [-0.15, -0.1) is 5.10 Å². The van der Waals surface area contributed by atoms with Gasteiger partial charge in [0.1, 0.15) is 0 Å². The van der Waals surface area contributed by atoms with Crippen LogP contribution in [0.2, 0.25) is 0 Å². The predicted octanol–water partition coefficient (Wildman–Crippen LogP) is 1.19. The number of hydrogen-bond donors (Lipinski definition) is 0. The van der Waals surface area contributed by atoms with Crippen LogP contribution in [0.3, 0.4) is 0 Å². The molecule has 0 saturated carbocycles. The van der Waals surface area contributed by atoms with Crippen LogP contribution in [0.4, 0.5) is 14.6 Å². The van der Waals surface area contributed by atoms with Gasteiger partial charge in [-0.3, -0.25) is 5.73 Å². The van der Waals surface area contributed by atoms with Gasteiger partial charge in [0.25, 0.3) is 0 Å². The van der Waals surface area contributed by atoms with Gasteiger partial charge in [-0.25, -0.2) is 4.68 Å². The van der Waals surface area contributed by atoms with Crippen molar-refractivity contribution in [1.82, 2.24) is 15.5 Å². The maximum absolute atomic E-state index is 11.6. The average molecular weight is 132 g/mol. The Bertz CT molecular complexity index is 195. The van der Waals surface area contributed by atoms with E-state index in [0.29, 0.717) is 4.68 Å². The van der Waals surface area contributed by atoms with Gasteiger partial charge in [0.2, 0.25) is 0 Å². The van der Waals surface area contributed by atoms with E-state index in [-0.39, 0.29) is 5.82 Å². The first-order chi connectivity index (χ1) is 4.20. The highest BCUT2D eigenvalue weighted by atomic mass is 19.3. The molecule has 1 heterocycles. The molecule has 0 fully saturated rings. The third-order valence-corrected chi connectivity index (χ3v) is 0.808. The van der Waals surface area contributed by atoms with E-state index in [1.54, 1.807) is 0 Å². The smallest absolute Gasteiger partial charge is 0.281 e. The van der Waals surface area contributed by atoms with Gasteiger partial charge in [-0.2, -0.15) is 8.78 Å². The van der Waals surface area contributed by atoms with Crippen LogP contribution >= 0.6 is 0 Å². The molecule has 1 rings (SSSR count). The van der Waals surface area contributed by atoms with Crippen molar-refractivity contribution in [1.29, 1.82) is 0 Å². The summed E-state index contributed by atoms with van der Waals surface area (Å²) in [4.78, 5) is 0. The van der Waals surface area contributed by atoms with Gasteiger partial charge in [-0.1, -0.05) is 0 Å². The molecule has 9 heavy (non-hydrogen) atoms. The highest BCUT2D eigenvalue weighted by Crippen LogP contribution is 2.09. The van der Waals surface area contributed by atoms with E-state index in [0.717, 1.165) is 6.20 Å². The van der Waals surface area contributed by atoms with Gasteiger partial charge in [0.15, 0.2) is 5.82 Å². The van der Waals surface area contributed by atoms with Crippen molar-refractivity contribution in [2.24, 2.45) is 0 Å². The predicted molar refractivity (Wildman–Crippen MR) is 26.2 cm³/mol. The van der Waals surface area contributed by atoms with Crippen molar-refractivity contribution in [3.63, 3.8) is 0 Å². The highest BCUT2D eigenvalue weighted by Gasteiger charge is 2.04. The van der Waals surface area contributed by atoms with E-state index in [1.165, 1.54) is 6.07 Å². The van der Waals surface area contributed by atoms with Gasteiger partial charge in [0.05, 0.1) is 0 Å². The number of rotatable bonds is 1. The zero-order chi connectivity index (χ0) is 6.85. The molecule has 0 aliphatic heterocycles. The van der Waals surface area contributed by atoms with Crippen LogP contribution < -0.4 is 5.73 Å². The maximum atomic E-state index is 11.6. The Labute approximate surface area is 50.1 Å². The number of nitrogens with one attached hydrogen (secondary N) is 1. The molecule has 1 aromatic heterocycles. The Morgan fingerprint density at radius 3 is 2.56 bits per heavy atom. The van der Waals surface area contributed by atoms with Crippen LogP contribution in [0, 0.1) is 0 Å². The normalized spacial score (nSPS) is 10.6. The van der Waals surface area contributed by atoms with E-state index < -0.39 is 6.55 Å². The van der Waals surface area contributed by atoms with E-state index in [2.05, 4.69) is 5.10 Å². The number of hydrogen-bond acceptors (Lipinski definition) is 1. The van der Waals surface area contributed by atoms with Crippen LogP contribution in [0.5, 0.6) is 0 Å². The molecule has 0 aliphatic rings. The Balaban J connectivity index is 2.85. The second-order valence-electron chi connectivity index (χ2n) is 1.46. The van der Waals surface area contributed by atoms with E-state index >= 15 is 0 Å². The van der Waals surface area contributed by atoms with Crippen molar-refractivity contribution >= 4 is 5.82 Å². The minimum absolute atomic E-state index is 0.143. The quantitative estimate of drug-likeness (QED) is 0.565. The summed E-state index contributed by atoms with van der Waals surface area (Å²) in [6.45, 7) is -2.64. The average Bonchev–Trinajstić information content (AvgIpc) is 2.14. The lowest BCUT2D eigenvalue weighted by molar-refractivity contribution is 0.0568. The van der Waals surface area contributed by atoms with Crippen LogP contribution in [-0.2, 0) is 0 Å². The summed E-state index contributed by atoms with van der Waals surface area (Å²) in [5.41, 5.74) is 6.74. The van der Waals surface area contributed by atoms with E-state index in [1.807, 2.05) is 0 Å². The molecule has 0 saturated heterocycles. The number of aromatic nitrogens is 2. The summed E-state index contributed by atoms with van der Waals surface area (Å²) in [6, 6.07) is 1.20. The Morgan fingerprint density at radius 2 is 2.33 bits per heavy atom. The molecule has 1 radical (unpaired) electrons. The van der Waals surface area contributed by atoms with Gasteiger partial charge < -0.3 is 0 Å². The van der Waals surface area contributed by atoms with Crippen molar-refractivity contribution in [3.05, 3.63) is 12.3 Å². The number of nitrogens with zero attached hydrogens (tertiary/aromatic N) is 2. The minimum atomic E-state index is -2.64. The molecular formula is C4H4F2N3. The van der Waals surface area contributed by atoms with Crippen molar-refractivity contribution in [3.8, 4) is 0 Å². The Morgan fingerprint density at radius 1 is 1.67 bits per heavy atom. The molecule has 49 valence electrons. The molecule has 5 heteroatoms. The summed E-state index contributed by atoms with van der Waals surface area (Å²) >= 11 is 0. The lowest BCUT2D eigenvalue weighted by Crippen LogP contribution is -1.97. The number of alkyl halides is 2. The van der Waals surface area contributed by atoms with Crippen molar-refractivity contribution in [2.75, 3.05) is 0 Å². The maximum Gasteiger partial charge on any atom is 0.333 e. The van der Waals surface area contributed by atoms with Gasteiger partial charge in [-0.05, 0) is 0 Å². The SMILES string of the molecule is [NH]c1ccn(C(F)F)n1. The van der Waals surface area contributed by atoms with Gasteiger partial charge >= 0.3 is 6.55 Å². The second kappa shape index (κ2) is 2.00. The van der Waals surface area contributed by atoms with E-state index in [9.17, 15) is 8.78 Å². The lowest BCUT2D eigenvalue weighted by Gasteiger charge is -1.94. The summed E-state index contributed by atoms with van der Waals surface area (Å²) in [5.74, 6) is -0.143. The molecule has 0 bridgehead atoms. The van der Waals surface area contributed by atoms with Crippen LogP contribution in [0.1, 0.15) is 6.55 Å². The number of halogens is 2. The second-order valence-corrected chi connectivity index (χ2v) is 1.46. The lowest BCUT2D eigenvalue weighted by atomic mass is 10.7. The standard InChI is InChI=1S/C4H4F2N3/c5-4(6)9-2-1-3(7)8-9/h1-2,4,7H. The van der Waals surface area contributed by atoms with Crippen LogP contribution in [0.25, 0.3) is 0 Å². The molecule has 0 atom stereocenters. The molecule has 0 amide bonds. The zero-order valence-corrected chi connectivity index (χ0v) is 4.38. The minimum Gasteiger partial charge on any atom is -0.281 e. The monoisotopic (exact) mass is 132 g/mol. The molecule has 0 spiro atoms. The molecule has 3 nitrogen and oxygen atoms in total. The fourth-order valence-corrected chi connectivity index (χ4v) is 0.447. The highest BCUT2D eigenvalue weighted by molar-refractivity contribution is 5.18. The zero-order valence-electron chi connectivity index (χ0n) is 4.38. The van der Waals surface area contributed by atoms with Gasteiger partial charge in [0, 0.05) is 12.3 Å². The molecule has 0 aromatic carbocycles. The fraction of sp³-hybridized carbons (Fsp3) is 0.250. The Kier molecular flexibility index (Phi) is 1.33. The molecule has 0 unspecified atom stereocenters. The molecule has 1 aromatic rings. The third kappa shape index (κ3) is 1.16. The molecular weight excluding hydrogens is 128 g/mol. The Hall–Kier alpha value is -1.13. The summed E-state index contributed by atoms with van der Waals surface area (Å²) < 4.78 is 23.6. The molecule has 0 aliphatic carbocycles. The first-order valence-corrected chi connectivity index (χ1v) is 2.25. The topological polar surface area (TPSA) is 41.6 Å². The summed E-state index contributed by atoms with van der Waals surface area (Å²) in [7, 11) is 0. The van der Waals surface area contributed by atoms with Crippen LogP contribution in [-0.4, -0.2) is 9.78 Å². The van der Waals surface area contributed by atoms with E-state index in [4.69, 9.17) is 5.73 Å². The van der Waals surface area contributed by atoms with Crippen molar-refractivity contribution in [2.45, 2.75) is 6.55 Å².